The predicted octanol–water partition coefficient (Wildman–Crippen LogP) is 3.67. The molecule has 22 heavy (non-hydrogen) atoms. The van der Waals surface area contributed by atoms with Gasteiger partial charge in [-0.1, -0.05) is 42.5 Å². The minimum atomic E-state index is -0.603. The molecule has 2 aromatic rings. The minimum Gasteiger partial charge on any atom is -0.489 e. The summed E-state index contributed by atoms with van der Waals surface area (Å²) in [5, 5.41) is 0. The van der Waals surface area contributed by atoms with E-state index >= 15 is 0 Å². The quantitative estimate of drug-likeness (QED) is 0.808. The number of Topliss-reactive ketones (excluding diaryl/α,β-unsaturated/α-hetero) is 2. The number of ketones is 2. The van der Waals surface area contributed by atoms with Gasteiger partial charge in [0.2, 0.25) is 0 Å². The fourth-order valence-corrected chi connectivity index (χ4v) is 2.80. The lowest BCUT2D eigenvalue weighted by atomic mass is 9.82. The lowest BCUT2D eigenvalue weighted by molar-refractivity contribution is -0.131. The van der Waals surface area contributed by atoms with Crippen molar-refractivity contribution in [2.24, 2.45) is 0 Å². The summed E-state index contributed by atoms with van der Waals surface area (Å²) in [7, 11) is 0. The van der Waals surface area contributed by atoms with Crippen molar-refractivity contribution in [2.75, 3.05) is 0 Å². The third-order valence-corrected chi connectivity index (χ3v) is 3.93. The Morgan fingerprint density at radius 3 is 2.36 bits per heavy atom. The van der Waals surface area contributed by atoms with Crippen molar-refractivity contribution in [3.8, 4) is 5.75 Å². The van der Waals surface area contributed by atoms with Crippen LogP contribution in [-0.2, 0) is 16.2 Å². The molecule has 0 N–H and O–H groups in total. The summed E-state index contributed by atoms with van der Waals surface area (Å²) < 4.78 is 5.77. The summed E-state index contributed by atoms with van der Waals surface area (Å²) in [6.07, 6.45) is 1.66. The highest BCUT2D eigenvalue weighted by atomic mass is 16.5. The highest BCUT2D eigenvalue weighted by molar-refractivity contribution is 6.09. The van der Waals surface area contributed by atoms with Crippen LogP contribution in [0.15, 0.2) is 54.6 Å². The van der Waals surface area contributed by atoms with Gasteiger partial charge in [-0.25, -0.2) is 0 Å². The molecule has 1 aliphatic rings. The number of ether oxygens (including phenoxy) is 1. The van der Waals surface area contributed by atoms with Crippen molar-refractivity contribution in [2.45, 2.75) is 31.8 Å². The summed E-state index contributed by atoms with van der Waals surface area (Å²) >= 11 is 0. The van der Waals surface area contributed by atoms with E-state index in [0.29, 0.717) is 31.6 Å². The summed E-state index contributed by atoms with van der Waals surface area (Å²) in [6, 6.07) is 17.2. The summed E-state index contributed by atoms with van der Waals surface area (Å²) in [6.45, 7) is 0.469. The largest absolute Gasteiger partial charge is 0.489 e. The topological polar surface area (TPSA) is 43.4 Å². The van der Waals surface area contributed by atoms with E-state index in [1.165, 1.54) is 0 Å². The number of hydrogen-bond acceptors (Lipinski definition) is 3. The van der Waals surface area contributed by atoms with Gasteiger partial charge in [-0.3, -0.25) is 9.59 Å². The SMILES string of the molecule is O=C1CCCC(=O)C1c1cccc(OCc2ccccc2)c1. The smallest absolute Gasteiger partial charge is 0.147 e. The Morgan fingerprint density at radius 1 is 0.909 bits per heavy atom. The van der Waals surface area contributed by atoms with E-state index in [1.54, 1.807) is 0 Å². The third-order valence-electron chi connectivity index (χ3n) is 3.93. The highest BCUT2D eigenvalue weighted by Gasteiger charge is 2.31. The molecule has 0 aromatic heterocycles. The maximum absolute atomic E-state index is 12.0. The van der Waals surface area contributed by atoms with Crippen LogP contribution in [0.2, 0.25) is 0 Å². The van der Waals surface area contributed by atoms with Crippen molar-refractivity contribution < 1.29 is 14.3 Å². The van der Waals surface area contributed by atoms with Crippen LogP contribution < -0.4 is 4.74 Å². The van der Waals surface area contributed by atoms with Gasteiger partial charge in [0.1, 0.15) is 29.8 Å². The zero-order valence-electron chi connectivity index (χ0n) is 12.3. The zero-order chi connectivity index (χ0) is 15.4. The number of carbonyl (C=O) groups is 2. The van der Waals surface area contributed by atoms with Gasteiger partial charge in [0.15, 0.2) is 0 Å². The molecule has 3 rings (SSSR count). The number of benzene rings is 2. The third kappa shape index (κ3) is 3.25. The van der Waals surface area contributed by atoms with Crippen molar-refractivity contribution in [3.05, 3.63) is 65.7 Å². The molecular weight excluding hydrogens is 276 g/mol. The van der Waals surface area contributed by atoms with E-state index in [2.05, 4.69) is 0 Å². The molecule has 0 heterocycles. The predicted molar refractivity (Wildman–Crippen MR) is 83.8 cm³/mol. The first-order valence-electron chi connectivity index (χ1n) is 7.56. The van der Waals surface area contributed by atoms with E-state index < -0.39 is 5.92 Å². The Labute approximate surface area is 129 Å². The molecule has 0 aliphatic heterocycles. The van der Waals surface area contributed by atoms with Crippen molar-refractivity contribution in [1.82, 2.24) is 0 Å². The maximum Gasteiger partial charge on any atom is 0.147 e. The summed E-state index contributed by atoms with van der Waals surface area (Å²) in [4.78, 5) is 24.1. The molecule has 0 atom stereocenters. The van der Waals surface area contributed by atoms with Crippen LogP contribution in [0.1, 0.15) is 36.3 Å². The maximum atomic E-state index is 12.0. The van der Waals surface area contributed by atoms with Gasteiger partial charge < -0.3 is 4.74 Å². The zero-order valence-corrected chi connectivity index (χ0v) is 12.3. The molecule has 3 nitrogen and oxygen atoms in total. The van der Waals surface area contributed by atoms with Gasteiger partial charge in [-0.05, 0) is 29.7 Å². The van der Waals surface area contributed by atoms with Crippen LogP contribution in [0.5, 0.6) is 5.75 Å². The van der Waals surface area contributed by atoms with Gasteiger partial charge in [0, 0.05) is 12.8 Å². The molecule has 1 fully saturated rings. The van der Waals surface area contributed by atoms with Crippen molar-refractivity contribution >= 4 is 11.6 Å². The monoisotopic (exact) mass is 294 g/mol. The second-order valence-electron chi connectivity index (χ2n) is 5.57. The molecule has 0 unspecified atom stereocenters. The molecule has 3 heteroatoms. The van der Waals surface area contributed by atoms with Gasteiger partial charge in [0.25, 0.3) is 0 Å². The van der Waals surface area contributed by atoms with Crippen LogP contribution in [0, 0.1) is 0 Å². The van der Waals surface area contributed by atoms with Crippen molar-refractivity contribution in [3.63, 3.8) is 0 Å². The van der Waals surface area contributed by atoms with E-state index in [9.17, 15) is 9.59 Å². The molecule has 0 radical (unpaired) electrons. The van der Waals surface area contributed by atoms with Crippen LogP contribution in [0.4, 0.5) is 0 Å². The van der Waals surface area contributed by atoms with Crippen LogP contribution in [-0.4, -0.2) is 11.6 Å². The van der Waals surface area contributed by atoms with E-state index in [-0.39, 0.29) is 11.6 Å². The van der Waals surface area contributed by atoms with Gasteiger partial charge in [-0.15, -0.1) is 0 Å². The Kier molecular flexibility index (Phi) is 4.33. The Balaban J connectivity index is 1.75. The standard InChI is InChI=1S/C19H18O3/c20-17-10-5-11-18(21)19(17)15-8-4-9-16(12-15)22-13-14-6-2-1-3-7-14/h1-4,6-9,12,19H,5,10-11,13H2. The molecule has 0 spiro atoms. The Hall–Kier alpha value is -2.42. The molecule has 0 saturated heterocycles. The van der Waals surface area contributed by atoms with Gasteiger partial charge in [-0.2, -0.15) is 0 Å². The van der Waals surface area contributed by atoms with E-state index in [4.69, 9.17) is 4.74 Å². The fraction of sp³-hybridized carbons (Fsp3) is 0.263. The first kappa shape index (κ1) is 14.5. The molecular formula is C19H18O3. The lowest BCUT2D eigenvalue weighted by Crippen LogP contribution is -2.26. The number of carbonyl (C=O) groups excluding carboxylic acids is 2. The fourth-order valence-electron chi connectivity index (χ4n) is 2.80. The number of hydrogen-bond donors (Lipinski definition) is 0. The van der Waals surface area contributed by atoms with Crippen LogP contribution >= 0.6 is 0 Å². The number of rotatable bonds is 4. The second kappa shape index (κ2) is 6.56. The molecule has 1 aliphatic carbocycles. The average molecular weight is 294 g/mol. The Morgan fingerprint density at radius 2 is 1.64 bits per heavy atom. The molecule has 0 amide bonds. The van der Waals surface area contributed by atoms with E-state index in [1.807, 2.05) is 54.6 Å². The van der Waals surface area contributed by atoms with Crippen LogP contribution in [0.3, 0.4) is 0 Å². The Bertz CT molecular complexity index is 660. The first-order valence-corrected chi connectivity index (χ1v) is 7.56. The lowest BCUT2D eigenvalue weighted by Gasteiger charge is -2.20. The second-order valence-corrected chi connectivity index (χ2v) is 5.57. The molecule has 1 saturated carbocycles. The average Bonchev–Trinajstić information content (AvgIpc) is 2.54. The van der Waals surface area contributed by atoms with Gasteiger partial charge >= 0.3 is 0 Å². The molecule has 0 bridgehead atoms. The van der Waals surface area contributed by atoms with Crippen LogP contribution in [0.25, 0.3) is 0 Å². The normalized spacial score (nSPS) is 15.8. The minimum absolute atomic E-state index is 0.0245. The highest BCUT2D eigenvalue weighted by Crippen LogP contribution is 2.29. The molecule has 112 valence electrons. The first-order chi connectivity index (χ1) is 10.7. The summed E-state index contributed by atoms with van der Waals surface area (Å²) in [5.41, 5.74) is 1.83. The molecule has 2 aromatic carbocycles. The van der Waals surface area contributed by atoms with E-state index in [0.717, 1.165) is 11.1 Å². The summed E-state index contributed by atoms with van der Waals surface area (Å²) in [5.74, 6) is 0.134. The van der Waals surface area contributed by atoms with Crippen molar-refractivity contribution in [1.29, 1.82) is 0 Å². The van der Waals surface area contributed by atoms with Gasteiger partial charge in [0.05, 0.1) is 0 Å².